The number of nitrogens with two attached hydrogens (primary N) is 1. The van der Waals surface area contributed by atoms with E-state index in [9.17, 15) is 57.8 Å². The summed E-state index contributed by atoms with van der Waals surface area (Å²) in [6.07, 6.45) is 1.23. The number of epoxide rings is 1. The normalized spacial score (nSPS) is 24.2. The van der Waals surface area contributed by atoms with Crippen LogP contribution in [-0.4, -0.2) is 195 Å². The van der Waals surface area contributed by atoms with E-state index < -0.39 is 115 Å². The number of likely N-dealkylation sites (tertiary alicyclic amines) is 1. The molecule has 2 aromatic rings. The number of imide groups is 1. The fourth-order valence-electron chi connectivity index (χ4n) is 12.0. The molecule has 534 valence electrons. The SMILES string of the molecule is COc1cc2cc(c1Cl)N(C)C(=O)C[C@H](OC(=O)CN(C)C(=O)CCN(C)C(=O)OCc1ccc(NC(=O)[C@H](CCCNC(N)=O)NC(=O)[C@@H](NC(=O)CCCCCN3C(=O)CC(C(C)(C)C)C3=O)C(C)C)cc1)[C@]1(C)O[C@H]1[C@H](C)[C@@H]1C[C@@](O)(NC(=O)O1)[C@H](OC)/C=C/C=C(\C)C2. The van der Waals surface area contributed by atoms with Gasteiger partial charge in [0.1, 0.15) is 59.9 Å². The molecule has 0 aliphatic carbocycles. The Bertz CT molecular complexity index is 3290. The number of primary amides is 1. The second-order valence-electron chi connectivity index (χ2n) is 27.0. The van der Waals surface area contributed by atoms with E-state index in [0.717, 1.165) is 16.0 Å². The molecule has 4 bridgehead atoms. The van der Waals surface area contributed by atoms with Gasteiger partial charge in [-0.15, -0.1) is 0 Å². The molecule has 4 aliphatic heterocycles. The number of unbranched alkanes of at least 4 members (excludes halogenated alkanes) is 2. The standard InChI is InChI=1S/C68H97ClN10O18/c1-39(2)58(74-52(80)22-15-14-16-29-79-55(83)34-45(62(79)87)66(5,6)7)61(86)73-46(20-18-28-71-63(70)88)60(85)72-44-25-23-42(24-26-44)38-94-65(90)76(9)30-27-53(81)77(10)37-56(84)96-51-35-54(82)78(11)47-32-43(33-48(92-12)57(47)69)31-40(3)19-17-21-50(93-13)68(91)36-49(95-64(89)75-68)41(4)59-67(51,8)97-59/h17,19,21,23-26,32-33,39,41,45-46,49-51,58-59,91H,14-16,18,20,22,27-31,34-38H2,1-13H3,(H,72,85)(H,73,86)(H,74,80)(H,75,89)(H3,70,71,88)/b21-17+,40-19+/t41-,45?,46+,49+,50-,51+,58+,59+,67+,68+/m1/s1. The van der Waals surface area contributed by atoms with Crippen LogP contribution in [0.2, 0.25) is 5.02 Å². The summed E-state index contributed by atoms with van der Waals surface area (Å²) in [5.74, 6) is -4.97. The van der Waals surface area contributed by atoms with Gasteiger partial charge in [0.05, 0.1) is 31.2 Å². The van der Waals surface area contributed by atoms with Gasteiger partial charge in [-0.25, -0.2) is 14.4 Å². The number of likely N-dealkylation sites (N-methyl/N-ethyl adjacent to an activating group) is 1. The van der Waals surface area contributed by atoms with Crippen LogP contribution in [0.15, 0.2) is 60.2 Å². The van der Waals surface area contributed by atoms with Crippen LogP contribution in [0.25, 0.3) is 0 Å². The molecule has 0 spiro atoms. The van der Waals surface area contributed by atoms with Crippen molar-refractivity contribution in [2.75, 3.05) is 71.8 Å². The number of amides is 11. The van der Waals surface area contributed by atoms with Crippen LogP contribution in [0.1, 0.15) is 131 Å². The lowest BCUT2D eigenvalue weighted by molar-refractivity contribution is -0.157. The second-order valence-corrected chi connectivity index (χ2v) is 27.4. The van der Waals surface area contributed by atoms with Gasteiger partial charge < -0.3 is 75.2 Å². The van der Waals surface area contributed by atoms with Crippen molar-refractivity contribution >= 4 is 88.5 Å². The first-order chi connectivity index (χ1) is 45.6. The summed E-state index contributed by atoms with van der Waals surface area (Å²) in [6, 6.07) is 6.94. The smallest absolute Gasteiger partial charge is 0.409 e. The van der Waals surface area contributed by atoms with Gasteiger partial charge in [-0.05, 0) is 92.7 Å². The van der Waals surface area contributed by atoms with Crippen LogP contribution in [0.4, 0.5) is 25.8 Å². The van der Waals surface area contributed by atoms with E-state index in [0.29, 0.717) is 48.4 Å². The van der Waals surface area contributed by atoms with Crippen molar-refractivity contribution in [1.82, 2.24) is 36.0 Å². The first-order valence-corrected chi connectivity index (χ1v) is 33.0. The average Bonchev–Trinajstić information content (AvgIpc) is 1.54. The first-order valence-electron chi connectivity index (χ1n) is 32.7. The lowest BCUT2D eigenvalue weighted by Crippen LogP contribution is -2.63. The molecule has 1 unspecified atom stereocenters. The Balaban J connectivity index is 1.01. The van der Waals surface area contributed by atoms with E-state index in [1.807, 2.05) is 33.8 Å². The van der Waals surface area contributed by atoms with Crippen molar-refractivity contribution in [3.63, 3.8) is 0 Å². The molecule has 3 fully saturated rings. The zero-order valence-electron chi connectivity index (χ0n) is 57.8. The van der Waals surface area contributed by atoms with E-state index in [1.165, 1.54) is 50.1 Å². The number of halogens is 1. The maximum absolute atomic E-state index is 14.4. The van der Waals surface area contributed by atoms with E-state index >= 15 is 0 Å². The lowest BCUT2D eigenvalue weighted by atomic mass is 9.80. The molecule has 28 nitrogen and oxygen atoms in total. The summed E-state index contributed by atoms with van der Waals surface area (Å²) < 4.78 is 34.8. The molecule has 3 saturated heterocycles. The molecule has 11 amide bonds. The summed E-state index contributed by atoms with van der Waals surface area (Å²) in [7, 11) is 7.17. The number of alkyl carbamates (subject to hydrolysis) is 1. The number of hydrogen-bond acceptors (Lipinski definition) is 18. The van der Waals surface area contributed by atoms with Crippen molar-refractivity contribution in [1.29, 1.82) is 0 Å². The van der Waals surface area contributed by atoms with E-state index in [4.69, 9.17) is 45.8 Å². The molecule has 6 rings (SSSR count). The monoisotopic (exact) mass is 1380 g/mol. The fraction of sp³-hybridized carbons (Fsp3) is 0.603. The van der Waals surface area contributed by atoms with Gasteiger partial charge >= 0.3 is 24.2 Å². The quantitative estimate of drug-likeness (QED) is 0.0193. The summed E-state index contributed by atoms with van der Waals surface area (Å²) in [5, 5.41) is 25.3. The average molecular weight is 1380 g/mol. The maximum Gasteiger partial charge on any atom is 0.409 e. The number of anilines is 2. The number of ether oxygens (including phenoxy) is 6. The highest BCUT2D eigenvalue weighted by molar-refractivity contribution is 6.35. The van der Waals surface area contributed by atoms with Crippen LogP contribution >= 0.6 is 11.6 Å². The molecule has 4 heterocycles. The number of benzene rings is 2. The Hall–Kier alpha value is -8.34. The maximum atomic E-state index is 14.4. The molecule has 0 aromatic heterocycles. The number of nitrogens with one attached hydrogen (secondary N) is 5. The first kappa shape index (κ1) is 77.7. The molecule has 0 saturated carbocycles. The predicted octanol–water partition coefficient (Wildman–Crippen LogP) is 5.78. The van der Waals surface area contributed by atoms with Crippen molar-refractivity contribution in [2.45, 2.75) is 180 Å². The lowest BCUT2D eigenvalue weighted by Gasteiger charge is -2.42. The number of hydrogen-bond donors (Lipinski definition) is 7. The number of allylic oxidation sites excluding steroid dienone is 3. The van der Waals surface area contributed by atoms with Gasteiger partial charge in [-0.3, -0.25) is 48.6 Å². The summed E-state index contributed by atoms with van der Waals surface area (Å²) in [5.41, 5.74) is 4.45. The minimum atomic E-state index is -1.91. The van der Waals surface area contributed by atoms with Crippen molar-refractivity contribution in [3.8, 4) is 5.75 Å². The number of aliphatic hydroxyl groups is 1. The van der Waals surface area contributed by atoms with E-state index in [2.05, 4.69) is 26.6 Å². The van der Waals surface area contributed by atoms with Crippen LogP contribution in [-0.2, 0) is 75.1 Å². The summed E-state index contributed by atoms with van der Waals surface area (Å²) >= 11 is 6.82. The number of rotatable bonds is 26. The molecule has 29 heteroatoms. The number of urea groups is 1. The Morgan fingerprint density at radius 1 is 0.928 bits per heavy atom. The van der Waals surface area contributed by atoms with Crippen molar-refractivity contribution in [3.05, 3.63) is 76.3 Å². The number of carbonyl (C=O) groups excluding carboxylic acids is 11. The van der Waals surface area contributed by atoms with Gasteiger partial charge in [0.2, 0.25) is 41.4 Å². The minimum absolute atomic E-state index is 0.0799. The number of nitrogens with zero attached hydrogens (tertiary/aromatic N) is 4. The van der Waals surface area contributed by atoms with Crippen LogP contribution < -0.4 is 42.0 Å². The third kappa shape index (κ3) is 21.3. The molecule has 97 heavy (non-hydrogen) atoms. The molecule has 2 aromatic carbocycles. The zero-order chi connectivity index (χ0) is 71.9. The topological polar surface area (TPSA) is 366 Å². The number of esters is 1. The van der Waals surface area contributed by atoms with Gasteiger partial charge in [0.25, 0.3) is 0 Å². The number of methoxy groups -OCH3 is 2. The predicted molar refractivity (Wildman–Crippen MR) is 357 cm³/mol. The summed E-state index contributed by atoms with van der Waals surface area (Å²) in [6.45, 7) is 14.1. The van der Waals surface area contributed by atoms with E-state index in [1.54, 1.807) is 76.2 Å². The molecular formula is C68H97ClN10O18. The summed E-state index contributed by atoms with van der Waals surface area (Å²) in [4.78, 5) is 151. The molecular weight excluding hydrogens is 1280 g/mol. The Labute approximate surface area is 571 Å². The molecule has 4 aliphatic rings. The Morgan fingerprint density at radius 3 is 2.27 bits per heavy atom. The second kappa shape index (κ2) is 34.2. The third-order valence-electron chi connectivity index (χ3n) is 18.0. The van der Waals surface area contributed by atoms with Crippen molar-refractivity contribution in [2.24, 2.45) is 28.9 Å². The minimum Gasteiger partial charge on any atom is -0.495 e. The van der Waals surface area contributed by atoms with Crippen LogP contribution in [0.3, 0.4) is 0 Å². The van der Waals surface area contributed by atoms with Gasteiger partial charge in [0, 0.05) is 85.2 Å². The van der Waals surface area contributed by atoms with E-state index in [-0.39, 0.29) is 105 Å². The Kier molecular flexibility index (Phi) is 27.4. The fourth-order valence-corrected chi connectivity index (χ4v) is 12.3. The third-order valence-corrected chi connectivity index (χ3v) is 18.4. The van der Waals surface area contributed by atoms with Gasteiger partial charge in [0.15, 0.2) is 5.72 Å². The van der Waals surface area contributed by atoms with Crippen molar-refractivity contribution < 1.29 is 86.3 Å². The largest absolute Gasteiger partial charge is 0.495 e. The number of carbonyl (C=O) groups is 11. The highest BCUT2D eigenvalue weighted by atomic mass is 35.5. The highest BCUT2D eigenvalue weighted by Crippen LogP contribution is 2.49. The van der Waals surface area contributed by atoms with Gasteiger partial charge in [-0.1, -0.05) is 95.5 Å². The van der Waals surface area contributed by atoms with Gasteiger partial charge in [-0.2, -0.15) is 0 Å². The van der Waals surface area contributed by atoms with Crippen LogP contribution in [0, 0.1) is 23.2 Å². The van der Waals surface area contributed by atoms with Crippen LogP contribution in [0.5, 0.6) is 5.75 Å². The zero-order valence-corrected chi connectivity index (χ0v) is 58.6. The molecule has 10 atom stereocenters. The Morgan fingerprint density at radius 2 is 1.63 bits per heavy atom. The number of fused-ring (bicyclic) bond motifs is 5. The molecule has 0 radical (unpaired) electrons. The molecule has 8 N–H and O–H groups in total. The highest BCUT2D eigenvalue weighted by Gasteiger charge is 2.64.